The number of aromatic nitrogens is 4. The lowest BCUT2D eigenvalue weighted by Gasteiger charge is -2.32. The zero-order valence-electron chi connectivity index (χ0n) is 17.9. The molecule has 33 heavy (non-hydrogen) atoms. The van der Waals surface area contributed by atoms with Crippen LogP contribution in [0.15, 0.2) is 64.2 Å². The second-order valence-electron chi connectivity index (χ2n) is 8.02. The Balaban J connectivity index is 1.37. The number of piperidine rings is 1. The highest BCUT2D eigenvalue weighted by Gasteiger charge is 2.26. The van der Waals surface area contributed by atoms with Crippen molar-refractivity contribution in [2.75, 3.05) is 18.4 Å². The molecule has 1 N–H and O–H groups in total. The first-order valence-corrected chi connectivity index (χ1v) is 12.6. The largest absolute Gasteiger partial charge is 0.366 e. The number of halogens is 1. The van der Waals surface area contributed by atoms with Gasteiger partial charge in [-0.1, -0.05) is 6.07 Å². The highest BCUT2D eigenvalue weighted by atomic mass is 79.9. The number of carbonyl (C=O) groups is 1. The molecule has 1 aliphatic rings. The molecule has 0 radical (unpaired) electrons. The molecule has 7 nitrogen and oxygen atoms in total. The first-order chi connectivity index (χ1) is 16.2. The number of anilines is 1. The molecule has 4 aromatic rings. The van der Waals surface area contributed by atoms with E-state index in [-0.39, 0.29) is 11.8 Å². The molecule has 5 heterocycles. The van der Waals surface area contributed by atoms with Crippen LogP contribution in [0.2, 0.25) is 0 Å². The summed E-state index contributed by atoms with van der Waals surface area (Å²) in [5, 5.41) is 12.0. The standard InChI is InChI=1S/C24H23BrN6OS/c25-20-14-28-31-22(27-13-18-3-1-8-26-12-18)11-21(29-24(20)31)19-4-2-9-30(15-19)23(32)6-5-17-7-10-33-16-17/h1,3,5-8,10-12,14,16,19,27H,2,4,9,13,15H2. The van der Waals surface area contributed by atoms with Gasteiger partial charge in [0, 0.05) is 50.1 Å². The molecule has 0 bridgehead atoms. The Labute approximate surface area is 204 Å². The third-order valence-electron chi connectivity index (χ3n) is 5.76. The summed E-state index contributed by atoms with van der Waals surface area (Å²) >= 11 is 5.20. The molecule has 9 heteroatoms. The van der Waals surface area contributed by atoms with Crippen molar-refractivity contribution in [1.29, 1.82) is 0 Å². The normalized spacial score (nSPS) is 16.5. The van der Waals surface area contributed by atoms with Crippen LogP contribution in [0.25, 0.3) is 11.7 Å². The van der Waals surface area contributed by atoms with Crippen molar-refractivity contribution < 1.29 is 4.79 Å². The molecule has 1 aliphatic heterocycles. The van der Waals surface area contributed by atoms with Crippen molar-refractivity contribution in [3.8, 4) is 0 Å². The average molecular weight is 523 g/mol. The van der Waals surface area contributed by atoms with E-state index in [2.05, 4.69) is 37.4 Å². The second kappa shape index (κ2) is 9.84. The third-order valence-corrected chi connectivity index (χ3v) is 7.02. The third kappa shape index (κ3) is 4.99. The Hall–Kier alpha value is -3.04. The number of nitrogens with one attached hydrogen (secondary N) is 1. The molecule has 0 saturated carbocycles. The van der Waals surface area contributed by atoms with E-state index in [0.29, 0.717) is 13.1 Å². The topological polar surface area (TPSA) is 75.4 Å². The van der Waals surface area contributed by atoms with Gasteiger partial charge in [0.25, 0.3) is 0 Å². The molecule has 0 aliphatic carbocycles. The highest BCUT2D eigenvalue weighted by Crippen LogP contribution is 2.30. The number of hydrogen-bond donors (Lipinski definition) is 1. The Kier molecular flexibility index (Phi) is 6.50. The fraction of sp³-hybridized carbons (Fsp3) is 0.250. The van der Waals surface area contributed by atoms with Gasteiger partial charge in [-0.2, -0.15) is 21.0 Å². The number of hydrogen-bond acceptors (Lipinski definition) is 6. The van der Waals surface area contributed by atoms with Gasteiger partial charge in [0.15, 0.2) is 5.65 Å². The smallest absolute Gasteiger partial charge is 0.246 e. The molecule has 1 saturated heterocycles. The van der Waals surface area contributed by atoms with Crippen molar-refractivity contribution in [2.24, 2.45) is 0 Å². The number of likely N-dealkylation sites (tertiary alicyclic amines) is 1. The van der Waals surface area contributed by atoms with Crippen molar-refractivity contribution in [2.45, 2.75) is 25.3 Å². The summed E-state index contributed by atoms with van der Waals surface area (Å²) in [4.78, 5) is 23.8. The van der Waals surface area contributed by atoms with Gasteiger partial charge in [-0.25, -0.2) is 4.98 Å². The molecule has 4 aromatic heterocycles. The van der Waals surface area contributed by atoms with Crippen LogP contribution in [-0.4, -0.2) is 43.5 Å². The van der Waals surface area contributed by atoms with Gasteiger partial charge in [-0.3, -0.25) is 9.78 Å². The average Bonchev–Trinajstić information content (AvgIpc) is 3.52. The van der Waals surface area contributed by atoms with Crippen LogP contribution in [0, 0.1) is 0 Å². The number of thiophene rings is 1. The lowest BCUT2D eigenvalue weighted by atomic mass is 9.94. The Morgan fingerprint density at radius 1 is 1.33 bits per heavy atom. The quantitative estimate of drug-likeness (QED) is 0.361. The van der Waals surface area contributed by atoms with Gasteiger partial charge in [-0.05, 0) is 68.9 Å². The van der Waals surface area contributed by atoms with Crippen molar-refractivity contribution in [3.63, 3.8) is 0 Å². The second-order valence-corrected chi connectivity index (χ2v) is 9.66. The zero-order valence-corrected chi connectivity index (χ0v) is 20.3. The van der Waals surface area contributed by atoms with Crippen LogP contribution in [0.3, 0.4) is 0 Å². The monoisotopic (exact) mass is 522 g/mol. The molecular formula is C24H23BrN6OS. The van der Waals surface area contributed by atoms with Crippen LogP contribution >= 0.6 is 27.3 Å². The van der Waals surface area contributed by atoms with Crippen molar-refractivity contribution >= 4 is 50.7 Å². The molecule has 1 unspecified atom stereocenters. The number of amides is 1. The zero-order chi connectivity index (χ0) is 22.6. The first-order valence-electron chi connectivity index (χ1n) is 10.8. The predicted octanol–water partition coefficient (Wildman–Crippen LogP) is 4.98. The maximum absolute atomic E-state index is 12.8. The van der Waals surface area contributed by atoms with Gasteiger partial charge >= 0.3 is 0 Å². The van der Waals surface area contributed by atoms with E-state index in [0.717, 1.165) is 52.1 Å². The van der Waals surface area contributed by atoms with E-state index in [1.807, 2.05) is 46.1 Å². The van der Waals surface area contributed by atoms with Gasteiger partial charge in [-0.15, -0.1) is 0 Å². The number of carbonyl (C=O) groups excluding carboxylic acids is 1. The SMILES string of the molecule is O=C(C=Cc1ccsc1)N1CCCC(c2cc(NCc3cccnc3)n3ncc(Br)c3n2)C1. The minimum Gasteiger partial charge on any atom is -0.366 e. The molecule has 0 aromatic carbocycles. The van der Waals surface area contributed by atoms with Crippen LogP contribution in [-0.2, 0) is 11.3 Å². The molecule has 1 fully saturated rings. The lowest BCUT2D eigenvalue weighted by Crippen LogP contribution is -2.38. The number of nitrogens with zero attached hydrogens (tertiary/aromatic N) is 5. The summed E-state index contributed by atoms with van der Waals surface area (Å²) in [7, 11) is 0. The van der Waals surface area contributed by atoms with Gasteiger partial charge in [0.2, 0.25) is 5.91 Å². The van der Waals surface area contributed by atoms with Crippen LogP contribution in [0.1, 0.15) is 35.6 Å². The molecule has 1 amide bonds. The summed E-state index contributed by atoms with van der Waals surface area (Å²) in [6.07, 6.45) is 10.9. The predicted molar refractivity (Wildman–Crippen MR) is 134 cm³/mol. The molecular weight excluding hydrogens is 500 g/mol. The minimum atomic E-state index is 0.0486. The molecule has 168 valence electrons. The lowest BCUT2D eigenvalue weighted by molar-refractivity contribution is -0.127. The number of fused-ring (bicyclic) bond motifs is 1. The summed E-state index contributed by atoms with van der Waals surface area (Å²) < 4.78 is 2.65. The van der Waals surface area contributed by atoms with E-state index in [9.17, 15) is 4.79 Å². The van der Waals surface area contributed by atoms with Gasteiger partial charge in [0.1, 0.15) is 5.82 Å². The summed E-state index contributed by atoms with van der Waals surface area (Å²) in [6, 6.07) is 8.03. The Morgan fingerprint density at radius 3 is 3.09 bits per heavy atom. The van der Waals surface area contributed by atoms with Crippen LogP contribution in [0.4, 0.5) is 5.82 Å². The van der Waals surface area contributed by atoms with Crippen LogP contribution < -0.4 is 5.32 Å². The summed E-state index contributed by atoms with van der Waals surface area (Å²) in [5.74, 6) is 1.08. The van der Waals surface area contributed by atoms with Gasteiger partial charge in [0.05, 0.1) is 16.4 Å². The van der Waals surface area contributed by atoms with Gasteiger partial charge < -0.3 is 10.2 Å². The van der Waals surface area contributed by atoms with Crippen molar-refractivity contribution in [3.05, 3.63) is 81.0 Å². The fourth-order valence-electron chi connectivity index (χ4n) is 4.05. The first kappa shape index (κ1) is 21.8. The summed E-state index contributed by atoms with van der Waals surface area (Å²) in [5.41, 5.74) is 3.88. The van der Waals surface area contributed by atoms with E-state index < -0.39 is 0 Å². The Bertz CT molecular complexity index is 1270. The summed E-state index contributed by atoms with van der Waals surface area (Å²) in [6.45, 7) is 2.06. The van der Waals surface area contributed by atoms with E-state index in [1.165, 1.54) is 0 Å². The number of pyridine rings is 1. The fourth-order valence-corrected chi connectivity index (χ4v) is 5.02. The number of rotatable bonds is 6. The van der Waals surface area contributed by atoms with E-state index >= 15 is 0 Å². The highest BCUT2D eigenvalue weighted by molar-refractivity contribution is 9.10. The van der Waals surface area contributed by atoms with Crippen LogP contribution in [0.5, 0.6) is 0 Å². The molecule has 0 spiro atoms. The minimum absolute atomic E-state index is 0.0486. The maximum atomic E-state index is 12.8. The Morgan fingerprint density at radius 2 is 2.27 bits per heavy atom. The van der Waals surface area contributed by atoms with Crippen molar-refractivity contribution in [1.82, 2.24) is 24.5 Å². The maximum Gasteiger partial charge on any atom is 0.246 e. The van der Waals surface area contributed by atoms with E-state index in [1.54, 1.807) is 34.3 Å². The molecule has 1 atom stereocenters. The van der Waals surface area contributed by atoms with E-state index in [4.69, 9.17) is 4.98 Å². The molecule has 5 rings (SSSR count).